The number of hydrogen-bond acceptors (Lipinski definition) is 3. The Kier molecular flexibility index (Phi) is 2.57. The van der Waals surface area contributed by atoms with Crippen LogP contribution >= 0.6 is 0 Å². The van der Waals surface area contributed by atoms with Crippen LogP contribution in [0.15, 0.2) is 27.8 Å². The molecule has 1 aromatic heterocycles. The summed E-state index contributed by atoms with van der Waals surface area (Å²) in [5, 5.41) is 8.53. The molecule has 0 amide bonds. The van der Waals surface area contributed by atoms with Crippen molar-refractivity contribution in [2.75, 3.05) is 6.61 Å². The lowest BCUT2D eigenvalue weighted by molar-refractivity contribution is 0.272. The molecule has 1 heterocycles. The maximum Gasteiger partial charge on any atom is 0.328 e. The van der Waals surface area contributed by atoms with Crippen LogP contribution < -0.4 is 11.2 Å². The number of benzene rings is 1. The highest BCUT2D eigenvalue weighted by Crippen LogP contribution is 2.08. The minimum Gasteiger partial charge on any atom is -0.395 e. The molecule has 0 radical (unpaired) electrons. The van der Waals surface area contributed by atoms with Crippen molar-refractivity contribution >= 4 is 10.9 Å². The van der Waals surface area contributed by atoms with E-state index in [4.69, 9.17) is 5.11 Å². The molecule has 16 heavy (non-hydrogen) atoms. The van der Waals surface area contributed by atoms with Crippen LogP contribution in [0.3, 0.4) is 0 Å². The van der Waals surface area contributed by atoms with E-state index in [9.17, 15) is 14.0 Å². The van der Waals surface area contributed by atoms with Gasteiger partial charge in [0.15, 0.2) is 0 Å². The monoisotopic (exact) mass is 224 g/mol. The minimum atomic E-state index is -0.731. The van der Waals surface area contributed by atoms with Crippen LogP contribution in [0, 0.1) is 5.82 Å². The predicted molar refractivity (Wildman–Crippen MR) is 55.9 cm³/mol. The van der Waals surface area contributed by atoms with Crippen molar-refractivity contribution in [3.63, 3.8) is 0 Å². The average Bonchev–Trinajstić information content (AvgIpc) is 2.24. The van der Waals surface area contributed by atoms with Gasteiger partial charge < -0.3 is 10.1 Å². The number of nitrogens with zero attached hydrogens (tertiary/aromatic N) is 1. The lowest BCUT2D eigenvalue weighted by Crippen LogP contribution is -2.36. The molecule has 0 aliphatic carbocycles. The lowest BCUT2D eigenvalue weighted by atomic mass is 10.2. The lowest BCUT2D eigenvalue weighted by Gasteiger charge is -2.04. The quantitative estimate of drug-likeness (QED) is 0.743. The molecule has 0 atom stereocenters. The van der Waals surface area contributed by atoms with Gasteiger partial charge >= 0.3 is 5.69 Å². The number of aromatic nitrogens is 2. The Morgan fingerprint density at radius 1 is 1.38 bits per heavy atom. The van der Waals surface area contributed by atoms with Crippen molar-refractivity contribution in [2.45, 2.75) is 6.54 Å². The molecule has 1 aromatic carbocycles. The molecule has 0 saturated heterocycles. The Morgan fingerprint density at radius 2 is 2.12 bits per heavy atom. The Hall–Kier alpha value is -1.95. The molecule has 0 spiro atoms. The number of aromatic amines is 1. The van der Waals surface area contributed by atoms with Crippen LogP contribution in [-0.4, -0.2) is 21.3 Å². The summed E-state index contributed by atoms with van der Waals surface area (Å²) in [5.74, 6) is -0.689. The van der Waals surface area contributed by atoms with Crippen molar-refractivity contribution < 1.29 is 9.50 Å². The molecule has 6 heteroatoms. The molecule has 5 nitrogen and oxygen atoms in total. The minimum absolute atomic E-state index is 0.154. The Morgan fingerprint density at radius 3 is 2.81 bits per heavy atom. The number of fused-ring (bicyclic) bond motifs is 1. The summed E-state index contributed by atoms with van der Waals surface area (Å²) in [5.41, 5.74) is -1.23. The highest BCUT2D eigenvalue weighted by atomic mass is 19.1. The number of nitrogens with one attached hydrogen (secondary N) is 1. The Bertz CT molecular complexity index is 645. The Labute approximate surface area is 88.8 Å². The van der Waals surface area contributed by atoms with Gasteiger partial charge in [-0.2, -0.15) is 0 Å². The number of aliphatic hydroxyl groups is 1. The van der Waals surface area contributed by atoms with Gasteiger partial charge in [-0.15, -0.1) is 0 Å². The van der Waals surface area contributed by atoms with Crippen molar-refractivity contribution in [1.29, 1.82) is 0 Å². The van der Waals surface area contributed by atoms with E-state index in [1.54, 1.807) is 0 Å². The molecule has 2 rings (SSSR count). The van der Waals surface area contributed by atoms with E-state index < -0.39 is 17.1 Å². The second-order valence-electron chi connectivity index (χ2n) is 3.27. The predicted octanol–water partition coefficient (Wildman–Crippen LogP) is -0.179. The van der Waals surface area contributed by atoms with Gasteiger partial charge in [-0.05, 0) is 12.1 Å². The zero-order chi connectivity index (χ0) is 11.7. The van der Waals surface area contributed by atoms with Gasteiger partial charge in [0.1, 0.15) is 5.82 Å². The van der Waals surface area contributed by atoms with Crippen LogP contribution in [-0.2, 0) is 6.54 Å². The highest BCUT2D eigenvalue weighted by Gasteiger charge is 2.10. The van der Waals surface area contributed by atoms with Crippen molar-refractivity contribution in [3.05, 3.63) is 44.9 Å². The molecule has 2 aromatic rings. The molecule has 0 bridgehead atoms. The summed E-state index contributed by atoms with van der Waals surface area (Å²) >= 11 is 0. The van der Waals surface area contributed by atoms with Gasteiger partial charge in [0, 0.05) is 0 Å². The molecule has 84 valence electrons. The van der Waals surface area contributed by atoms with E-state index in [-0.39, 0.29) is 24.1 Å². The van der Waals surface area contributed by atoms with Crippen LogP contribution in [0.25, 0.3) is 10.9 Å². The second kappa shape index (κ2) is 3.90. The standard InChI is InChI=1S/C10H9FN2O3/c11-6-2-1-3-7-8(6)9(15)13(4-5-14)10(16)12-7/h1-3,14H,4-5H2,(H,12,16). The molecular weight excluding hydrogens is 215 g/mol. The van der Waals surface area contributed by atoms with Crippen LogP contribution in [0.2, 0.25) is 0 Å². The summed E-state index contributed by atoms with van der Waals surface area (Å²) in [6.07, 6.45) is 0. The van der Waals surface area contributed by atoms with Gasteiger partial charge in [-0.25, -0.2) is 9.18 Å². The summed E-state index contributed by atoms with van der Waals surface area (Å²) in [4.78, 5) is 25.6. The van der Waals surface area contributed by atoms with E-state index >= 15 is 0 Å². The topological polar surface area (TPSA) is 75.1 Å². The van der Waals surface area contributed by atoms with E-state index in [1.165, 1.54) is 12.1 Å². The van der Waals surface area contributed by atoms with Crippen molar-refractivity contribution in [1.82, 2.24) is 9.55 Å². The highest BCUT2D eigenvalue weighted by molar-refractivity contribution is 5.77. The zero-order valence-electron chi connectivity index (χ0n) is 8.24. The van der Waals surface area contributed by atoms with E-state index in [0.29, 0.717) is 0 Å². The molecule has 0 unspecified atom stereocenters. The van der Waals surface area contributed by atoms with Crippen LogP contribution in [0.5, 0.6) is 0 Å². The largest absolute Gasteiger partial charge is 0.395 e. The summed E-state index contributed by atoms with van der Waals surface area (Å²) < 4.78 is 14.2. The van der Waals surface area contributed by atoms with Crippen LogP contribution in [0.4, 0.5) is 4.39 Å². The van der Waals surface area contributed by atoms with Gasteiger partial charge in [0.25, 0.3) is 5.56 Å². The smallest absolute Gasteiger partial charge is 0.328 e. The third-order valence-corrected chi connectivity index (χ3v) is 2.28. The number of rotatable bonds is 2. The fourth-order valence-corrected chi connectivity index (χ4v) is 1.56. The van der Waals surface area contributed by atoms with Crippen LogP contribution in [0.1, 0.15) is 0 Å². The fraction of sp³-hybridized carbons (Fsp3) is 0.200. The SMILES string of the molecule is O=c1[nH]c2cccc(F)c2c(=O)n1CCO. The fourth-order valence-electron chi connectivity index (χ4n) is 1.56. The first-order valence-corrected chi connectivity index (χ1v) is 4.67. The summed E-state index contributed by atoms with van der Waals surface area (Å²) in [7, 11) is 0. The van der Waals surface area contributed by atoms with Crippen molar-refractivity contribution in [3.8, 4) is 0 Å². The number of H-pyrrole nitrogens is 1. The van der Waals surface area contributed by atoms with Gasteiger partial charge in [0.2, 0.25) is 0 Å². The Balaban J connectivity index is 2.92. The normalized spacial score (nSPS) is 10.9. The first-order valence-electron chi connectivity index (χ1n) is 4.67. The van der Waals surface area contributed by atoms with Gasteiger partial charge in [0.05, 0.1) is 24.1 Å². The molecule has 0 fully saturated rings. The number of hydrogen-bond donors (Lipinski definition) is 2. The summed E-state index contributed by atoms with van der Waals surface area (Å²) in [6.45, 7) is -0.513. The molecule has 0 saturated carbocycles. The van der Waals surface area contributed by atoms with Crippen molar-refractivity contribution in [2.24, 2.45) is 0 Å². The molecule has 0 aliphatic rings. The molecule has 0 aliphatic heterocycles. The van der Waals surface area contributed by atoms with Gasteiger partial charge in [-0.3, -0.25) is 9.36 Å². The maximum absolute atomic E-state index is 13.4. The first kappa shape index (κ1) is 10.6. The maximum atomic E-state index is 13.4. The molecule has 2 N–H and O–H groups in total. The van der Waals surface area contributed by atoms with Gasteiger partial charge in [-0.1, -0.05) is 6.07 Å². The zero-order valence-corrected chi connectivity index (χ0v) is 8.24. The third kappa shape index (κ3) is 1.53. The van der Waals surface area contributed by atoms with E-state index in [0.717, 1.165) is 10.6 Å². The first-order chi connectivity index (χ1) is 7.65. The second-order valence-corrected chi connectivity index (χ2v) is 3.27. The van der Waals surface area contributed by atoms with E-state index in [2.05, 4.69) is 4.98 Å². The third-order valence-electron chi connectivity index (χ3n) is 2.28. The average molecular weight is 224 g/mol. The molecular formula is C10H9FN2O3. The number of halogens is 1. The summed E-state index contributed by atoms with van der Waals surface area (Å²) in [6, 6.07) is 4.00. The van der Waals surface area contributed by atoms with E-state index in [1.807, 2.05) is 0 Å². The number of aliphatic hydroxyl groups excluding tert-OH is 1.